The van der Waals surface area contributed by atoms with E-state index in [0.29, 0.717) is 18.1 Å². The van der Waals surface area contributed by atoms with Crippen molar-refractivity contribution in [2.45, 2.75) is 18.1 Å². The lowest BCUT2D eigenvalue weighted by atomic mass is 10.2. The van der Waals surface area contributed by atoms with Gasteiger partial charge in [0.1, 0.15) is 5.82 Å². The molecular formula is C9H13N3O2S. The van der Waals surface area contributed by atoms with Crippen LogP contribution in [0.2, 0.25) is 0 Å². The Morgan fingerprint density at radius 3 is 2.93 bits per heavy atom. The molecule has 2 heterocycles. The molecule has 0 radical (unpaired) electrons. The molecule has 0 amide bonds. The van der Waals surface area contributed by atoms with Crippen LogP contribution in [0.1, 0.15) is 12.8 Å². The number of anilines is 1. The molecule has 0 spiro atoms. The zero-order valence-electron chi connectivity index (χ0n) is 8.26. The molecule has 1 atom stereocenters. The molecule has 0 bridgehead atoms. The normalized spacial score (nSPS) is 23.9. The maximum atomic E-state index is 11.5. The van der Waals surface area contributed by atoms with E-state index in [1.807, 2.05) is 0 Å². The number of nitrogens with one attached hydrogen (secondary N) is 1. The molecule has 1 aromatic heterocycles. The average Bonchev–Trinajstić information content (AvgIpc) is 2.56. The van der Waals surface area contributed by atoms with Crippen LogP contribution in [0.4, 0.5) is 5.82 Å². The molecule has 0 saturated carbocycles. The van der Waals surface area contributed by atoms with Gasteiger partial charge in [0.15, 0.2) is 9.84 Å². The smallest absolute Gasteiger partial charge is 0.154 e. The van der Waals surface area contributed by atoms with Crippen molar-refractivity contribution in [1.29, 1.82) is 0 Å². The highest BCUT2D eigenvalue weighted by Crippen LogP contribution is 2.19. The zero-order chi connectivity index (χ0) is 10.7. The van der Waals surface area contributed by atoms with Gasteiger partial charge < -0.3 is 5.32 Å². The Bertz CT molecular complexity index is 418. The van der Waals surface area contributed by atoms with E-state index in [0.717, 1.165) is 12.8 Å². The molecule has 2 rings (SSSR count). The summed E-state index contributed by atoms with van der Waals surface area (Å²) in [6, 6.07) is 0. The van der Waals surface area contributed by atoms with Crippen molar-refractivity contribution in [1.82, 2.24) is 9.97 Å². The van der Waals surface area contributed by atoms with Crippen LogP contribution in [-0.4, -0.2) is 35.9 Å². The van der Waals surface area contributed by atoms with Crippen molar-refractivity contribution in [2.24, 2.45) is 0 Å². The van der Waals surface area contributed by atoms with Crippen LogP contribution in [0, 0.1) is 0 Å². The van der Waals surface area contributed by atoms with Crippen molar-refractivity contribution in [3.63, 3.8) is 0 Å². The van der Waals surface area contributed by atoms with Gasteiger partial charge in [-0.3, -0.25) is 4.98 Å². The number of hydrogen-bond acceptors (Lipinski definition) is 5. The van der Waals surface area contributed by atoms with Crippen LogP contribution in [0.25, 0.3) is 0 Å². The molecule has 1 N–H and O–H groups in total. The second kappa shape index (κ2) is 4.14. The molecule has 1 aliphatic heterocycles. The van der Waals surface area contributed by atoms with E-state index in [9.17, 15) is 8.42 Å². The van der Waals surface area contributed by atoms with E-state index in [2.05, 4.69) is 15.3 Å². The van der Waals surface area contributed by atoms with Crippen LogP contribution in [-0.2, 0) is 9.84 Å². The molecule has 1 saturated heterocycles. The number of rotatable bonds is 3. The van der Waals surface area contributed by atoms with Gasteiger partial charge in [-0.15, -0.1) is 0 Å². The number of sulfone groups is 1. The van der Waals surface area contributed by atoms with Crippen LogP contribution < -0.4 is 5.32 Å². The maximum absolute atomic E-state index is 11.5. The largest absolute Gasteiger partial charge is 0.367 e. The third kappa shape index (κ3) is 2.44. The monoisotopic (exact) mass is 227 g/mol. The first kappa shape index (κ1) is 10.4. The molecule has 1 fully saturated rings. The Hall–Kier alpha value is -1.17. The Morgan fingerprint density at radius 1 is 1.47 bits per heavy atom. The van der Waals surface area contributed by atoms with Gasteiger partial charge in [0, 0.05) is 18.9 Å². The van der Waals surface area contributed by atoms with E-state index in [1.165, 1.54) is 0 Å². The van der Waals surface area contributed by atoms with Crippen LogP contribution in [0.3, 0.4) is 0 Å². The fourth-order valence-corrected chi connectivity index (χ4v) is 3.46. The molecule has 0 aromatic carbocycles. The van der Waals surface area contributed by atoms with E-state index in [1.54, 1.807) is 18.6 Å². The first-order valence-corrected chi connectivity index (χ1v) is 6.61. The first-order valence-electron chi connectivity index (χ1n) is 4.90. The predicted molar refractivity (Wildman–Crippen MR) is 57.3 cm³/mol. The molecular weight excluding hydrogens is 214 g/mol. The van der Waals surface area contributed by atoms with Gasteiger partial charge in [-0.1, -0.05) is 0 Å². The summed E-state index contributed by atoms with van der Waals surface area (Å²) < 4.78 is 23.0. The van der Waals surface area contributed by atoms with Gasteiger partial charge in [0.25, 0.3) is 0 Å². The molecule has 0 aliphatic carbocycles. The minimum atomic E-state index is -2.87. The fourth-order valence-electron chi connectivity index (χ4n) is 1.70. The molecule has 6 heteroatoms. The van der Waals surface area contributed by atoms with Gasteiger partial charge in [-0.25, -0.2) is 13.4 Å². The van der Waals surface area contributed by atoms with Crippen molar-refractivity contribution >= 4 is 15.7 Å². The highest BCUT2D eigenvalue weighted by molar-refractivity contribution is 7.92. The number of nitrogens with zero attached hydrogens (tertiary/aromatic N) is 2. The van der Waals surface area contributed by atoms with Crippen molar-refractivity contribution in [2.75, 3.05) is 17.6 Å². The van der Waals surface area contributed by atoms with E-state index >= 15 is 0 Å². The van der Waals surface area contributed by atoms with Crippen molar-refractivity contribution < 1.29 is 8.42 Å². The van der Waals surface area contributed by atoms with Gasteiger partial charge in [0.05, 0.1) is 17.2 Å². The highest BCUT2D eigenvalue weighted by Gasteiger charge is 2.30. The summed E-state index contributed by atoms with van der Waals surface area (Å²) in [5.41, 5.74) is 0. The lowest BCUT2D eigenvalue weighted by molar-refractivity contribution is 0.591. The lowest BCUT2D eigenvalue weighted by Crippen LogP contribution is -2.25. The number of aromatic nitrogens is 2. The van der Waals surface area contributed by atoms with E-state index in [4.69, 9.17) is 0 Å². The third-order valence-electron chi connectivity index (χ3n) is 2.54. The van der Waals surface area contributed by atoms with Crippen LogP contribution in [0.15, 0.2) is 18.6 Å². The fraction of sp³-hybridized carbons (Fsp3) is 0.556. The molecule has 5 nitrogen and oxygen atoms in total. The van der Waals surface area contributed by atoms with E-state index < -0.39 is 9.84 Å². The Kier molecular flexibility index (Phi) is 2.86. The Balaban J connectivity index is 1.94. The predicted octanol–water partition coefficient (Wildman–Crippen LogP) is 0.466. The quantitative estimate of drug-likeness (QED) is 0.812. The summed E-state index contributed by atoms with van der Waals surface area (Å²) in [6.45, 7) is 0.432. The second-order valence-electron chi connectivity index (χ2n) is 3.60. The highest BCUT2D eigenvalue weighted by atomic mass is 32.2. The average molecular weight is 227 g/mol. The van der Waals surface area contributed by atoms with Crippen LogP contribution >= 0.6 is 0 Å². The topological polar surface area (TPSA) is 72.0 Å². The van der Waals surface area contributed by atoms with Crippen molar-refractivity contribution in [3.05, 3.63) is 18.6 Å². The first-order chi connectivity index (χ1) is 7.18. The Morgan fingerprint density at radius 2 is 2.33 bits per heavy atom. The third-order valence-corrected chi connectivity index (χ3v) is 4.81. The van der Waals surface area contributed by atoms with Gasteiger partial charge in [0.2, 0.25) is 0 Å². The zero-order valence-corrected chi connectivity index (χ0v) is 9.07. The van der Waals surface area contributed by atoms with Gasteiger partial charge in [-0.05, 0) is 12.8 Å². The summed E-state index contributed by atoms with van der Waals surface area (Å²) in [5.74, 6) is 0.944. The second-order valence-corrected chi connectivity index (χ2v) is 6.00. The lowest BCUT2D eigenvalue weighted by Gasteiger charge is -2.10. The van der Waals surface area contributed by atoms with Gasteiger partial charge >= 0.3 is 0 Å². The summed E-state index contributed by atoms with van der Waals surface area (Å²) in [6.07, 6.45) is 6.26. The molecule has 1 aromatic rings. The molecule has 1 aliphatic rings. The summed E-state index contributed by atoms with van der Waals surface area (Å²) in [7, 11) is -2.87. The molecule has 1 unspecified atom stereocenters. The minimum absolute atomic E-state index is 0.264. The summed E-state index contributed by atoms with van der Waals surface area (Å²) >= 11 is 0. The SMILES string of the molecule is O=S1(=O)CCCC1CNc1cnccn1. The number of hydrogen-bond donors (Lipinski definition) is 1. The standard InChI is InChI=1S/C9H13N3O2S/c13-15(14)5-1-2-8(15)6-12-9-7-10-3-4-11-9/h3-4,7-8H,1-2,5-6H2,(H,11,12). The maximum Gasteiger partial charge on any atom is 0.154 e. The van der Waals surface area contributed by atoms with E-state index in [-0.39, 0.29) is 5.25 Å². The molecule has 15 heavy (non-hydrogen) atoms. The minimum Gasteiger partial charge on any atom is -0.367 e. The van der Waals surface area contributed by atoms with Gasteiger partial charge in [-0.2, -0.15) is 0 Å². The Labute approximate surface area is 88.9 Å². The van der Waals surface area contributed by atoms with Crippen molar-refractivity contribution in [3.8, 4) is 0 Å². The molecule has 82 valence electrons. The summed E-state index contributed by atoms with van der Waals surface area (Å²) in [5, 5.41) is 2.73. The summed E-state index contributed by atoms with van der Waals surface area (Å²) in [4.78, 5) is 7.91. The van der Waals surface area contributed by atoms with Crippen LogP contribution in [0.5, 0.6) is 0 Å².